The van der Waals surface area contributed by atoms with E-state index in [9.17, 15) is 0 Å². The van der Waals surface area contributed by atoms with Crippen LogP contribution in [0.1, 0.15) is 42.6 Å². The Labute approximate surface area is 210 Å². The van der Waals surface area contributed by atoms with Crippen molar-refractivity contribution >= 4 is 40.3 Å². The molecule has 0 spiro atoms. The zero-order valence-electron chi connectivity index (χ0n) is 19.8. The van der Waals surface area contributed by atoms with Crippen LogP contribution in [-0.2, 0) is 13.1 Å². The minimum absolute atomic E-state index is 0.707. The summed E-state index contributed by atoms with van der Waals surface area (Å²) in [5, 5.41) is 14.0. The van der Waals surface area contributed by atoms with E-state index >= 15 is 0 Å². The molecule has 1 aromatic carbocycles. The smallest absolute Gasteiger partial charge is 0.0967 e. The van der Waals surface area contributed by atoms with Crippen LogP contribution in [0.5, 0.6) is 0 Å². The third-order valence-electron chi connectivity index (χ3n) is 6.24. The van der Waals surface area contributed by atoms with Gasteiger partial charge in [-0.3, -0.25) is 14.6 Å². The van der Waals surface area contributed by atoms with Crippen LogP contribution in [-0.4, -0.2) is 49.5 Å². The Balaban J connectivity index is 1.18. The molecule has 1 aliphatic heterocycles. The third-order valence-corrected chi connectivity index (χ3v) is 6.48. The number of fused-ring (bicyclic) bond motifs is 1. The molecule has 4 aromatic rings. The number of pyridine rings is 2. The number of anilines is 1. The van der Waals surface area contributed by atoms with Crippen molar-refractivity contribution in [1.29, 1.82) is 0 Å². The molecule has 0 unspecified atom stereocenters. The third kappa shape index (κ3) is 6.44. The van der Waals surface area contributed by atoms with Gasteiger partial charge < -0.3 is 5.32 Å². The largest absolute Gasteiger partial charge is 0.384 e. The summed E-state index contributed by atoms with van der Waals surface area (Å²) in [6.45, 7) is 4.99. The van der Waals surface area contributed by atoms with Gasteiger partial charge in [-0.25, -0.2) is 4.98 Å². The molecule has 1 fully saturated rings. The second kappa shape index (κ2) is 11.4. The van der Waals surface area contributed by atoms with Crippen LogP contribution in [0.4, 0.5) is 5.69 Å². The predicted octanol–water partition coefficient (Wildman–Crippen LogP) is 5.53. The fourth-order valence-corrected chi connectivity index (χ4v) is 4.59. The molecule has 180 valence electrons. The standard InChI is InChI=1S/C27H30ClN7/c28-22-6-8-26-25(17-22)27(18-23(31-26)7-5-21-9-12-29-13-10-21)30-11-1-2-16-35-20-24(32-33-35)19-34-14-3-4-15-34/h5-10,12-13,17-18,20H,1-4,11,14-16,19H2,(H,30,31)/b7-5+. The summed E-state index contributed by atoms with van der Waals surface area (Å²) in [6.07, 6.45) is 14.4. The number of benzene rings is 1. The lowest BCUT2D eigenvalue weighted by Gasteiger charge is -2.12. The van der Waals surface area contributed by atoms with Crippen LogP contribution in [0.25, 0.3) is 23.1 Å². The molecule has 4 heterocycles. The number of nitrogens with one attached hydrogen (secondary N) is 1. The summed E-state index contributed by atoms with van der Waals surface area (Å²) >= 11 is 6.28. The van der Waals surface area contributed by atoms with Crippen molar-refractivity contribution in [2.24, 2.45) is 0 Å². The Morgan fingerprint density at radius 3 is 2.71 bits per heavy atom. The van der Waals surface area contributed by atoms with E-state index in [0.717, 1.165) is 66.0 Å². The number of halogens is 1. The molecular weight excluding hydrogens is 458 g/mol. The molecule has 3 aromatic heterocycles. The van der Waals surface area contributed by atoms with Crippen molar-refractivity contribution in [2.75, 3.05) is 25.0 Å². The minimum atomic E-state index is 0.707. The lowest BCUT2D eigenvalue weighted by atomic mass is 10.1. The van der Waals surface area contributed by atoms with E-state index in [0.29, 0.717) is 5.02 Å². The summed E-state index contributed by atoms with van der Waals surface area (Å²) in [5.41, 5.74) is 5.01. The molecule has 1 saturated heterocycles. The lowest BCUT2D eigenvalue weighted by molar-refractivity contribution is 0.327. The van der Waals surface area contributed by atoms with Gasteiger partial charge in [-0.05, 0) is 86.8 Å². The van der Waals surface area contributed by atoms with E-state index in [1.54, 1.807) is 12.4 Å². The van der Waals surface area contributed by atoms with Crippen molar-refractivity contribution in [3.8, 4) is 0 Å². The van der Waals surface area contributed by atoms with Crippen LogP contribution < -0.4 is 5.32 Å². The molecule has 5 rings (SSSR count). The van der Waals surface area contributed by atoms with Crippen LogP contribution in [0, 0.1) is 0 Å². The molecule has 0 atom stereocenters. The van der Waals surface area contributed by atoms with Gasteiger partial charge in [0.25, 0.3) is 0 Å². The molecule has 0 saturated carbocycles. The SMILES string of the molecule is Clc1ccc2nc(/C=C/c3ccncc3)cc(NCCCCn3cc(CN4CCCC4)nn3)c2c1. The molecule has 8 heteroatoms. The zero-order chi connectivity index (χ0) is 23.9. The first kappa shape index (κ1) is 23.5. The van der Waals surface area contributed by atoms with E-state index in [2.05, 4.69) is 37.8 Å². The van der Waals surface area contributed by atoms with Gasteiger partial charge in [0, 0.05) is 54.3 Å². The Morgan fingerprint density at radius 1 is 1.00 bits per heavy atom. The van der Waals surface area contributed by atoms with Gasteiger partial charge in [-0.1, -0.05) is 22.9 Å². The number of rotatable bonds is 10. The van der Waals surface area contributed by atoms with Gasteiger partial charge in [0.2, 0.25) is 0 Å². The Bertz CT molecular complexity index is 1280. The molecule has 0 aliphatic carbocycles. The van der Waals surface area contributed by atoms with Gasteiger partial charge in [0.15, 0.2) is 0 Å². The van der Waals surface area contributed by atoms with E-state index in [1.807, 2.05) is 47.2 Å². The van der Waals surface area contributed by atoms with Gasteiger partial charge in [0.1, 0.15) is 0 Å². The fraction of sp³-hybridized carbons (Fsp3) is 0.333. The van der Waals surface area contributed by atoms with Crippen LogP contribution >= 0.6 is 11.6 Å². The van der Waals surface area contributed by atoms with Crippen LogP contribution in [0.15, 0.2) is 55.0 Å². The number of aromatic nitrogens is 5. The second-order valence-corrected chi connectivity index (χ2v) is 9.40. The molecule has 1 aliphatic rings. The van der Waals surface area contributed by atoms with Crippen molar-refractivity contribution in [2.45, 2.75) is 38.8 Å². The topological polar surface area (TPSA) is 71.8 Å². The number of likely N-dealkylation sites (tertiary alicyclic amines) is 1. The summed E-state index contributed by atoms with van der Waals surface area (Å²) in [6, 6.07) is 11.9. The Hall–Kier alpha value is -3.29. The van der Waals surface area contributed by atoms with Crippen molar-refractivity contribution in [3.63, 3.8) is 0 Å². The highest BCUT2D eigenvalue weighted by Gasteiger charge is 2.13. The molecular formula is C27H30ClN7. The van der Waals surface area contributed by atoms with Gasteiger partial charge in [-0.15, -0.1) is 5.10 Å². The fourth-order valence-electron chi connectivity index (χ4n) is 4.42. The minimum Gasteiger partial charge on any atom is -0.384 e. The van der Waals surface area contributed by atoms with E-state index in [-0.39, 0.29) is 0 Å². The summed E-state index contributed by atoms with van der Waals surface area (Å²) < 4.78 is 1.97. The maximum atomic E-state index is 6.28. The maximum absolute atomic E-state index is 6.28. The average Bonchev–Trinajstić information content (AvgIpc) is 3.56. The molecule has 0 amide bonds. The van der Waals surface area contributed by atoms with E-state index in [1.165, 1.54) is 25.9 Å². The van der Waals surface area contributed by atoms with Gasteiger partial charge >= 0.3 is 0 Å². The molecule has 1 N–H and O–H groups in total. The summed E-state index contributed by atoms with van der Waals surface area (Å²) in [7, 11) is 0. The summed E-state index contributed by atoms with van der Waals surface area (Å²) in [4.78, 5) is 11.3. The molecule has 0 radical (unpaired) electrons. The first-order chi connectivity index (χ1) is 17.2. The molecule has 0 bridgehead atoms. The number of hydrogen-bond donors (Lipinski definition) is 1. The second-order valence-electron chi connectivity index (χ2n) is 8.96. The number of unbranched alkanes of at least 4 members (excludes halogenated alkanes) is 1. The number of aryl methyl sites for hydroxylation is 1. The highest BCUT2D eigenvalue weighted by Crippen LogP contribution is 2.27. The average molecular weight is 488 g/mol. The quantitative estimate of drug-likeness (QED) is 0.296. The maximum Gasteiger partial charge on any atom is 0.0967 e. The number of hydrogen-bond acceptors (Lipinski definition) is 6. The first-order valence-electron chi connectivity index (χ1n) is 12.3. The van der Waals surface area contributed by atoms with Gasteiger partial charge in [-0.2, -0.15) is 0 Å². The van der Waals surface area contributed by atoms with Gasteiger partial charge in [0.05, 0.1) is 16.9 Å². The predicted molar refractivity (Wildman–Crippen MR) is 142 cm³/mol. The Morgan fingerprint density at radius 2 is 1.86 bits per heavy atom. The van der Waals surface area contributed by atoms with Crippen molar-refractivity contribution in [1.82, 2.24) is 29.9 Å². The molecule has 7 nitrogen and oxygen atoms in total. The zero-order valence-corrected chi connectivity index (χ0v) is 20.5. The number of nitrogens with zero attached hydrogens (tertiary/aromatic N) is 6. The van der Waals surface area contributed by atoms with E-state index < -0.39 is 0 Å². The van der Waals surface area contributed by atoms with E-state index in [4.69, 9.17) is 16.6 Å². The van der Waals surface area contributed by atoms with Crippen LogP contribution in [0.3, 0.4) is 0 Å². The normalized spacial score (nSPS) is 14.3. The Kier molecular flexibility index (Phi) is 7.66. The summed E-state index contributed by atoms with van der Waals surface area (Å²) in [5.74, 6) is 0. The highest BCUT2D eigenvalue weighted by molar-refractivity contribution is 6.31. The van der Waals surface area contributed by atoms with Crippen molar-refractivity contribution < 1.29 is 0 Å². The molecule has 35 heavy (non-hydrogen) atoms. The lowest BCUT2D eigenvalue weighted by Crippen LogP contribution is -2.18. The van der Waals surface area contributed by atoms with Crippen LogP contribution in [0.2, 0.25) is 5.02 Å². The van der Waals surface area contributed by atoms with Crippen molar-refractivity contribution in [3.05, 3.63) is 77.0 Å². The highest BCUT2D eigenvalue weighted by atomic mass is 35.5. The monoisotopic (exact) mass is 487 g/mol. The first-order valence-corrected chi connectivity index (χ1v) is 12.6.